The van der Waals surface area contributed by atoms with Gasteiger partial charge in [0.2, 0.25) is 10.0 Å². The Labute approximate surface area is 159 Å². The SMILES string of the molecule is CN(C)S(=O)(=O)c1ccc(C(=O)NCC2(O)CCc3ccccc3C2)cc1. The molecule has 1 atom stereocenters. The largest absolute Gasteiger partial charge is 0.388 e. The minimum atomic E-state index is -3.53. The number of benzene rings is 2. The van der Waals surface area contributed by atoms with Crippen LogP contribution in [0.1, 0.15) is 27.9 Å². The molecule has 1 aliphatic rings. The van der Waals surface area contributed by atoms with E-state index < -0.39 is 15.6 Å². The van der Waals surface area contributed by atoms with Gasteiger partial charge in [0.15, 0.2) is 0 Å². The average Bonchev–Trinajstić information content (AvgIpc) is 2.66. The maximum atomic E-state index is 12.4. The molecule has 0 spiro atoms. The first-order chi connectivity index (χ1) is 12.7. The van der Waals surface area contributed by atoms with Crippen molar-refractivity contribution in [2.75, 3.05) is 20.6 Å². The lowest BCUT2D eigenvalue weighted by Crippen LogP contribution is -2.46. The van der Waals surface area contributed by atoms with E-state index in [9.17, 15) is 18.3 Å². The maximum Gasteiger partial charge on any atom is 0.251 e. The summed E-state index contributed by atoms with van der Waals surface area (Å²) in [6.07, 6.45) is 1.87. The minimum Gasteiger partial charge on any atom is -0.388 e. The molecule has 0 heterocycles. The Morgan fingerprint density at radius 1 is 1.11 bits per heavy atom. The number of sulfonamides is 1. The molecule has 0 aromatic heterocycles. The smallest absolute Gasteiger partial charge is 0.251 e. The number of hydrogen-bond donors (Lipinski definition) is 2. The standard InChI is InChI=1S/C20H24N2O4S/c1-22(2)27(25,26)18-9-7-16(8-10-18)19(23)21-14-20(24)12-11-15-5-3-4-6-17(15)13-20/h3-10,24H,11-14H2,1-2H3,(H,21,23). The second kappa shape index (κ2) is 7.42. The molecule has 0 radical (unpaired) electrons. The first-order valence-corrected chi connectivity index (χ1v) is 10.3. The zero-order chi connectivity index (χ0) is 19.7. The van der Waals surface area contributed by atoms with Gasteiger partial charge in [-0.05, 0) is 48.2 Å². The van der Waals surface area contributed by atoms with Crippen molar-refractivity contribution < 1.29 is 18.3 Å². The molecule has 2 aromatic carbocycles. The van der Waals surface area contributed by atoms with Crippen LogP contribution in [0.2, 0.25) is 0 Å². The Hall–Kier alpha value is -2.22. The van der Waals surface area contributed by atoms with Gasteiger partial charge >= 0.3 is 0 Å². The topological polar surface area (TPSA) is 86.7 Å². The molecule has 0 aliphatic heterocycles. The molecule has 1 amide bonds. The van der Waals surface area contributed by atoms with Crippen molar-refractivity contribution >= 4 is 15.9 Å². The van der Waals surface area contributed by atoms with E-state index in [2.05, 4.69) is 11.4 Å². The zero-order valence-corrected chi connectivity index (χ0v) is 16.3. The highest BCUT2D eigenvalue weighted by Crippen LogP contribution is 2.28. The highest BCUT2D eigenvalue weighted by atomic mass is 32.2. The molecule has 2 aromatic rings. The summed E-state index contributed by atoms with van der Waals surface area (Å²) in [7, 11) is -0.611. The molecule has 1 unspecified atom stereocenters. The van der Waals surface area contributed by atoms with Gasteiger partial charge in [-0.15, -0.1) is 0 Å². The highest BCUT2D eigenvalue weighted by Gasteiger charge is 2.32. The van der Waals surface area contributed by atoms with Gasteiger partial charge in [-0.25, -0.2) is 12.7 Å². The number of nitrogens with zero attached hydrogens (tertiary/aromatic N) is 1. The first kappa shape index (κ1) is 19.5. The van der Waals surface area contributed by atoms with E-state index in [1.165, 1.54) is 43.9 Å². The van der Waals surface area contributed by atoms with Gasteiger partial charge in [0, 0.05) is 32.6 Å². The molecular weight excluding hydrogens is 364 g/mol. The van der Waals surface area contributed by atoms with Crippen LogP contribution >= 0.6 is 0 Å². The van der Waals surface area contributed by atoms with Crippen molar-refractivity contribution in [2.24, 2.45) is 0 Å². The van der Waals surface area contributed by atoms with Gasteiger partial charge in [0.05, 0.1) is 10.5 Å². The summed E-state index contributed by atoms with van der Waals surface area (Å²) in [5, 5.41) is 13.6. The lowest BCUT2D eigenvalue weighted by Gasteiger charge is -2.33. The number of hydrogen-bond acceptors (Lipinski definition) is 4. The van der Waals surface area contributed by atoms with Crippen LogP contribution in [-0.2, 0) is 22.9 Å². The van der Waals surface area contributed by atoms with Crippen LogP contribution in [0.5, 0.6) is 0 Å². The van der Waals surface area contributed by atoms with E-state index >= 15 is 0 Å². The average molecular weight is 388 g/mol. The fourth-order valence-electron chi connectivity index (χ4n) is 3.27. The van der Waals surface area contributed by atoms with Crippen molar-refractivity contribution in [1.29, 1.82) is 0 Å². The van der Waals surface area contributed by atoms with Crippen LogP contribution < -0.4 is 5.32 Å². The predicted octanol–water partition coefficient (Wildman–Crippen LogP) is 1.59. The van der Waals surface area contributed by atoms with Crippen LogP contribution in [0.25, 0.3) is 0 Å². The lowest BCUT2D eigenvalue weighted by atomic mass is 9.80. The summed E-state index contributed by atoms with van der Waals surface area (Å²) in [4.78, 5) is 12.5. The monoisotopic (exact) mass is 388 g/mol. The van der Waals surface area contributed by atoms with Crippen molar-refractivity contribution in [3.63, 3.8) is 0 Å². The van der Waals surface area contributed by atoms with Crippen molar-refractivity contribution in [1.82, 2.24) is 9.62 Å². The van der Waals surface area contributed by atoms with Crippen molar-refractivity contribution in [3.05, 3.63) is 65.2 Å². The number of aliphatic hydroxyl groups is 1. The number of carbonyl (C=O) groups is 1. The first-order valence-electron chi connectivity index (χ1n) is 8.81. The summed E-state index contributed by atoms with van der Waals surface area (Å²) in [5.41, 5.74) is 1.73. The second-order valence-corrected chi connectivity index (χ2v) is 9.32. The highest BCUT2D eigenvalue weighted by molar-refractivity contribution is 7.89. The van der Waals surface area contributed by atoms with Crippen LogP contribution in [-0.4, -0.2) is 50.0 Å². The number of carbonyl (C=O) groups excluding carboxylic acids is 1. The number of fused-ring (bicyclic) bond motifs is 1. The van der Waals surface area contributed by atoms with Gasteiger partial charge in [0.25, 0.3) is 5.91 Å². The van der Waals surface area contributed by atoms with Gasteiger partial charge < -0.3 is 10.4 Å². The van der Waals surface area contributed by atoms with E-state index in [-0.39, 0.29) is 17.3 Å². The van der Waals surface area contributed by atoms with Crippen LogP contribution in [0, 0.1) is 0 Å². The predicted molar refractivity (Wildman–Crippen MR) is 103 cm³/mol. The molecule has 0 saturated heterocycles. The Bertz CT molecular complexity index is 939. The molecule has 6 nitrogen and oxygen atoms in total. The fraction of sp³-hybridized carbons (Fsp3) is 0.350. The summed E-state index contributed by atoms with van der Waals surface area (Å²) < 4.78 is 25.3. The van der Waals surface area contributed by atoms with Crippen LogP contribution in [0.3, 0.4) is 0 Å². The third-order valence-corrected chi connectivity index (χ3v) is 6.80. The Morgan fingerprint density at radius 2 is 1.74 bits per heavy atom. The molecule has 0 saturated carbocycles. The molecule has 3 rings (SSSR count). The van der Waals surface area contributed by atoms with Gasteiger partial charge in [-0.1, -0.05) is 24.3 Å². The van der Waals surface area contributed by atoms with Crippen molar-refractivity contribution in [3.8, 4) is 0 Å². The number of nitrogens with one attached hydrogen (secondary N) is 1. The van der Waals surface area contributed by atoms with E-state index in [1.54, 1.807) is 0 Å². The van der Waals surface area contributed by atoms with E-state index in [0.29, 0.717) is 18.4 Å². The summed E-state index contributed by atoms with van der Waals surface area (Å²) in [6, 6.07) is 13.8. The molecule has 0 fully saturated rings. The van der Waals surface area contributed by atoms with Crippen molar-refractivity contribution in [2.45, 2.75) is 29.8 Å². The molecule has 0 bridgehead atoms. The Kier molecular flexibility index (Phi) is 5.37. The molecule has 144 valence electrons. The molecule has 1 aliphatic carbocycles. The summed E-state index contributed by atoms with van der Waals surface area (Å²) >= 11 is 0. The van der Waals surface area contributed by atoms with Gasteiger partial charge in [0.1, 0.15) is 0 Å². The minimum absolute atomic E-state index is 0.131. The second-order valence-electron chi connectivity index (χ2n) is 7.16. The normalized spacial score (nSPS) is 19.6. The van der Waals surface area contributed by atoms with E-state index in [1.807, 2.05) is 18.2 Å². The third-order valence-electron chi connectivity index (χ3n) is 4.97. The van der Waals surface area contributed by atoms with Crippen LogP contribution in [0.15, 0.2) is 53.4 Å². The zero-order valence-electron chi connectivity index (χ0n) is 15.5. The third kappa shape index (κ3) is 4.21. The molecule has 2 N–H and O–H groups in total. The van der Waals surface area contributed by atoms with Gasteiger partial charge in [-0.3, -0.25) is 4.79 Å². The Morgan fingerprint density at radius 3 is 2.37 bits per heavy atom. The summed E-state index contributed by atoms with van der Waals surface area (Å²) in [6.45, 7) is 0.151. The van der Waals surface area contributed by atoms with E-state index in [4.69, 9.17) is 0 Å². The number of aryl methyl sites for hydroxylation is 1. The van der Waals surface area contributed by atoms with E-state index in [0.717, 1.165) is 16.3 Å². The van der Waals surface area contributed by atoms with Crippen LogP contribution in [0.4, 0.5) is 0 Å². The number of rotatable bonds is 5. The molecular formula is C20H24N2O4S. The maximum absolute atomic E-state index is 12.4. The quantitative estimate of drug-likeness (QED) is 0.814. The number of amides is 1. The molecule has 7 heteroatoms. The fourth-order valence-corrected chi connectivity index (χ4v) is 4.17. The van der Waals surface area contributed by atoms with Gasteiger partial charge in [-0.2, -0.15) is 0 Å². The lowest BCUT2D eigenvalue weighted by molar-refractivity contribution is 0.0260. The molecule has 27 heavy (non-hydrogen) atoms. The Balaban J connectivity index is 1.65. The summed E-state index contributed by atoms with van der Waals surface area (Å²) in [5.74, 6) is -0.337.